The van der Waals surface area contributed by atoms with Gasteiger partial charge < -0.3 is 15.8 Å². The highest BCUT2D eigenvalue weighted by molar-refractivity contribution is 5.98. The molecule has 2 aromatic carbocycles. The molecule has 3 N–H and O–H groups in total. The van der Waals surface area contributed by atoms with E-state index in [0.717, 1.165) is 5.56 Å². The largest absolute Gasteiger partial charge is 0.409 e. The first-order chi connectivity index (χ1) is 9.63. The number of benzene rings is 2. The highest BCUT2D eigenvalue weighted by Gasteiger charge is 2.11. The molecule has 0 radical (unpaired) electrons. The molecule has 0 spiro atoms. The van der Waals surface area contributed by atoms with Crippen molar-refractivity contribution in [3.63, 3.8) is 0 Å². The molecule has 0 atom stereocenters. The van der Waals surface area contributed by atoms with E-state index in [2.05, 4.69) is 5.16 Å². The molecule has 4 nitrogen and oxygen atoms in total. The molecular weight excluding hydrogens is 257 g/mol. The Balaban J connectivity index is 2.29. The molecular formula is C15H16FN3O. The van der Waals surface area contributed by atoms with Crippen LogP contribution >= 0.6 is 0 Å². The van der Waals surface area contributed by atoms with Crippen LogP contribution in [0.15, 0.2) is 53.7 Å². The molecule has 2 aromatic rings. The van der Waals surface area contributed by atoms with Crippen LogP contribution in [0.3, 0.4) is 0 Å². The minimum absolute atomic E-state index is 0.0440. The van der Waals surface area contributed by atoms with Crippen LogP contribution in [-0.2, 0) is 6.54 Å². The number of amidine groups is 1. The molecule has 0 bridgehead atoms. The van der Waals surface area contributed by atoms with Crippen LogP contribution in [0.2, 0.25) is 0 Å². The Morgan fingerprint density at radius 1 is 1.20 bits per heavy atom. The maximum atomic E-state index is 13.7. The van der Waals surface area contributed by atoms with Crippen molar-refractivity contribution in [3.05, 3.63) is 65.5 Å². The average Bonchev–Trinajstić information content (AvgIpc) is 2.47. The fourth-order valence-electron chi connectivity index (χ4n) is 2.06. The summed E-state index contributed by atoms with van der Waals surface area (Å²) in [6, 6.07) is 13.9. The van der Waals surface area contributed by atoms with E-state index in [1.54, 1.807) is 42.3 Å². The highest BCUT2D eigenvalue weighted by atomic mass is 19.1. The van der Waals surface area contributed by atoms with E-state index >= 15 is 0 Å². The van der Waals surface area contributed by atoms with E-state index in [1.807, 2.05) is 12.1 Å². The second-order valence-electron chi connectivity index (χ2n) is 4.45. The molecule has 0 saturated carbocycles. The predicted octanol–water partition coefficient (Wildman–Crippen LogP) is 2.56. The van der Waals surface area contributed by atoms with Gasteiger partial charge in [-0.05, 0) is 17.7 Å². The maximum absolute atomic E-state index is 13.7. The predicted molar refractivity (Wildman–Crippen MR) is 77.5 cm³/mol. The lowest BCUT2D eigenvalue weighted by Crippen LogP contribution is -2.22. The minimum Gasteiger partial charge on any atom is -0.409 e. The van der Waals surface area contributed by atoms with Gasteiger partial charge in [0.1, 0.15) is 5.82 Å². The number of nitrogens with two attached hydrogens (primary N) is 1. The Bertz CT molecular complexity index is 628. The van der Waals surface area contributed by atoms with Crippen molar-refractivity contribution in [2.24, 2.45) is 10.9 Å². The lowest BCUT2D eigenvalue weighted by atomic mass is 10.1. The SMILES string of the molecule is CN(Cc1ccccc1C(N)=NO)c1ccccc1F. The zero-order chi connectivity index (χ0) is 14.5. The van der Waals surface area contributed by atoms with Gasteiger partial charge in [0.05, 0.1) is 5.69 Å². The van der Waals surface area contributed by atoms with Crippen LogP contribution in [-0.4, -0.2) is 18.1 Å². The molecule has 0 fully saturated rings. The van der Waals surface area contributed by atoms with Gasteiger partial charge in [0.15, 0.2) is 5.84 Å². The van der Waals surface area contributed by atoms with Gasteiger partial charge in [-0.15, -0.1) is 0 Å². The average molecular weight is 273 g/mol. The Kier molecular flexibility index (Phi) is 4.20. The summed E-state index contributed by atoms with van der Waals surface area (Å²) >= 11 is 0. The van der Waals surface area contributed by atoms with Gasteiger partial charge in [0.25, 0.3) is 0 Å². The molecule has 104 valence electrons. The molecule has 20 heavy (non-hydrogen) atoms. The molecule has 0 aliphatic carbocycles. The van der Waals surface area contributed by atoms with Gasteiger partial charge in [0, 0.05) is 19.2 Å². The van der Waals surface area contributed by atoms with Crippen LogP contribution in [0.25, 0.3) is 0 Å². The Hall–Kier alpha value is -2.56. The Morgan fingerprint density at radius 3 is 2.55 bits per heavy atom. The van der Waals surface area contributed by atoms with E-state index in [1.165, 1.54) is 6.07 Å². The Labute approximate surface area is 116 Å². The van der Waals surface area contributed by atoms with Crippen molar-refractivity contribution in [2.75, 3.05) is 11.9 Å². The van der Waals surface area contributed by atoms with Crippen molar-refractivity contribution < 1.29 is 9.60 Å². The van der Waals surface area contributed by atoms with Gasteiger partial charge in [-0.2, -0.15) is 0 Å². The summed E-state index contributed by atoms with van der Waals surface area (Å²) in [5.41, 5.74) is 7.64. The van der Waals surface area contributed by atoms with Crippen molar-refractivity contribution >= 4 is 11.5 Å². The molecule has 0 unspecified atom stereocenters. The number of hydrogen-bond acceptors (Lipinski definition) is 3. The van der Waals surface area contributed by atoms with Crippen LogP contribution in [0, 0.1) is 5.82 Å². The van der Waals surface area contributed by atoms with Gasteiger partial charge in [-0.1, -0.05) is 41.6 Å². The van der Waals surface area contributed by atoms with Gasteiger partial charge in [-0.3, -0.25) is 0 Å². The van der Waals surface area contributed by atoms with Crippen molar-refractivity contribution in [1.82, 2.24) is 0 Å². The standard InChI is InChI=1S/C15H16FN3O/c1-19(14-9-5-4-8-13(14)16)10-11-6-2-3-7-12(11)15(17)18-20/h2-9,20H,10H2,1H3,(H2,17,18). The van der Waals surface area contributed by atoms with E-state index in [4.69, 9.17) is 10.9 Å². The third-order valence-electron chi connectivity index (χ3n) is 3.07. The van der Waals surface area contributed by atoms with Crippen LogP contribution in [0.5, 0.6) is 0 Å². The first-order valence-electron chi connectivity index (χ1n) is 6.15. The first kappa shape index (κ1) is 13.9. The Morgan fingerprint density at radius 2 is 1.85 bits per heavy atom. The third-order valence-corrected chi connectivity index (χ3v) is 3.07. The number of rotatable bonds is 4. The molecule has 0 aliphatic rings. The highest BCUT2D eigenvalue weighted by Crippen LogP contribution is 2.20. The second-order valence-corrected chi connectivity index (χ2v) is 4.45. The number of oxime groups is 1. The lowest BCUT2D eigenvalue weighted by Gasteiger charge is -2.21. The fourth-order valence-corrected chi connectivity index (χ4v) is 2.06. The molecule has 5 heteroatoms. The molecule has 0 heterocycles. The number of halogens is 1. The van der Waals surface area contributed by atoms with Gasteiger partial charge in [0.2, 0.25) is 0 Å². The summed E-state index contributed by atoms with van der Waals surface area (Å²) in [6.07, 6.45) is 0. The summed E-state index contributed by atoms with van der Waals surface area (Å²) in [5.74, 6) is -0.237. The molecule has 2 rings (SSSR count). The number of para-hydroxylation sites is 1. The summed E-state index contributed by atoms with van der Waals surface area (Å²) in [6.45, 7) is 0.452. The van der Waals surface area contributed by atoms with Gasteiger partial charge in [-0.25, -0.2) is 4.39 Å². The van der Waals surface area contributed by atoms with E-state index < -0.39 is 0 Å². The van der Waals surface area contributed by atoms with E-state index in [9.17, 15) is 4.39 Å². The molecule has 0 aliphatic heterocycles. The van der Waals surface area contributed by atoms with Crippen LogP contribution in [0.4, 0.5) is 10.1 Å². The topological polar surface area (TPSA) is 61.8 Å². The zero-order valence-electron chi connectivity index (χ0n) is 11.1. The number of nitrogens with zero attached hydrogens (tertiary/aromatic N) is 2. The third kappa shape index (κ3) is 2.88. The van der Waals surface area contributed by atoms with Crippen molar-refractivity contribution in [3.8, 4) is 0 Å². The number of anilines is 1. The van der Waals surface area contributed by atoms with Crippen molar-refractivity contribution in [1.29, 1.82) is 0 Å². The van der Waals surface area contributed by atoms with Crippen LogP contribution < -0.4 is 10.6 Å². The summed E-state index contributed by atoms with van der Waals surface area (Å²) in [4.78, 5) is 1.78. The van der Waals surface area contributed by atoms with E-state index in [-0.39, 0.29) is 11.7 Å². The normalized spacial score (nSPS) is 11.4. The number of hydrogen-bond donors (Lipinski definition) is 2. The molecule has 0 saturated heterocycles. The smallest absolute Gasteiger partial charge is 0.170 e. The second kappa shape index (κ2) is 6.06. The minimum atomic E-state index is -0.281. The molecule has 0 aromatic heterocycles. The van der Waals surface area contributed by atoms with Gasteiger partial charge >= 0.3 is 0 Å². The summed E-state index contributed by atoms with van der Waals surface area (Å²) in [5, 5.41) is 11.8. The van der Waals surface area contributed by atoms with Crippen LogP contribution in [0.1, 0.15) is 11.1 Å². The van der Waals surface area contributed by atoms with Crippen molar-refractivity contribution in [2.45, 2.75) is 6.54 Å². The summed E-state index contributed by atoms with van der Waals surface area (Å²) < 4.78 is 13.7. The fraction of sp³-hybridized carbons (Fsp3) is 0.133. The first-order valence-corrected chi connectivity index (χ1v) is 6.15. The molecule has 0 amide bonds. The monoisotopic (exact) mass is 273 g/mol. The zero-order valence-corrected chi connectivity index (χ0v) is 11.1. The summed E-state index contributed by atoms with van der Waals surface area (Å²) in [7, 11) is 1.79. The lowest BCUT2D eigenvalue weighted by molar-refractivity contribution is 0.318. The quantitative estimate of drug-likeness (QED) is 0.389. The maximum Gasteiger partial charge on any atom is 0.170 e. The van der Waals surface area contributed by atoms with E-state index in [0.29, 0.717) is 17.8 Å².